The molecule has 0 unspecified atom stereocenters. The van der Waals surface area contributed by atoms with Crippen LogP contribution in [-0.4, -0.2) is 48.2 Å². The number of likely N-dealkylation sites (tertiary alicyclic amines) is 1. The molecule has 1 aromatic carbocycles. The fourth-order valence-corrected chi connectivity index (χ4v) is 4.44. The number of rotatable bonds is 6. The standard InChI is InChI=1S/C23H33N3O2/c1-17(2)8-12-25-13-9-18(10-14-25)16-24-22(27)21-19-6-3-4-7-20(19)26-11-5-15-28-23(21)26/h3-4,6-7,17-18H,5,8-16H2,1-2H3,(H,24,27). The highest BCUT2D eigenvalue weighted by Gasteiger charge is 2.27. The molecule has 2 aliphatic rings. The van der Waals surface area contributed by atoms with Crippen molar-refractivity contribution >= 4 is 16.8 Å². The molecule has 0 spiro atoms. The molecule has 0 radical (unpaired) electrons. The van der Waals surface area contributed by atoms with Crippen molar-refractivity contribution in [1.82, 2.24) is 14.8 Å². The second-order valence-electron chi connectivity index (χ2n) is 8.73. The Morgan fingerprint density at radius 2 is 2.00 bits per heavy atom. The number of nitrogens with zero attached hydrogens (tertiary/aromatic N) is 2. The number of para-hydroxylation sites is 1. The summed E-state index contributed by atoms with van der Waals surface area (Å²) in [6.45, 7) is 10.4. The molecule has 1 N–H and O–H groups in total. The highest BCUT2D eigenvalue weighted by atomic mass is 16.5. The van der Waals surface area contributed by atoms with Gasteiger partial charge in [0.2, 0.25) is 5.88 Å². The van der Waals surface area contributed by atoms with Crippen LogP contribution < -0.4 is 10.1 Å². The second kappa shape index (κ2) is 8.56. The SMILES string of the molecule is CC(C)CCN1CCC(CNC(=O)c2c3n(c4ccccc24)CCCO3)CC1. The summed E-state index contributed by atoms with van der Waals surface area (Å²) in [5.74, 6) is 2.09. The molecule has 5 heteroatoms. The lowest BCUT2D eigenvalue weighted by atomic mass is 9.96. The van der Waals surface area contributed by atoms with E-state index in [0.717, 1.165) is 55.3 Å². The number of aromatic nitrogens is 1. The van der Waals surface area contributed by atoms with E-state index >= 15 is 0 Å². The third kappa shape index (κ3) is 4.04. The number of carbonyl (C=O) groups is 1. The first-order valence-corrected chi connectivity index (χ1v) is 10.9. The summed E-state index contributed by atoms with van der Waals surface area (Å²) in [7, 11) is 0. The number of hydrogen-bond acceptors (Lipinski definition) is 3. The van der Waals surface area contributed by atoms with Gasteiger partial charge in [0.05, 0.1) is 12.1 Å². The second-order valence-corrected chi connectivity index (χ2v) is 8.73. The topological polar surface area (TPSA) is 46.5 Å². The number of ether oxygens (including phenoxy) is 1. The van der Waals surface area contributed by atoms with Crippen molar-refractivity contribution in [2.75, 3.05) is 32.8 Å². The predicted molar refractivity (Wildman–Crippen MR) is 113 cm³/mol. The maximum absolute atomic E-state index is 13.1. The molecule has 5 nitrogen and oxygen atoms in total. The van der Waals surface area contributed by atoms with E-state index < -0.39 is 0 Å². The van der Waals surface area contributed by atoms with Gasteiger partial charge in [0.15, 0.2) is 0 Å². The maximum atomic E-state index is 13.1. The average Bonchev–Trinajstić information content (AvgIpc) is 3.06. The van der Waals surface area contributed by atoms with Crippen molar-refractivity contribution in [2.45, 2.75) is 46.1 Å². The third-order valence-corrected chi connectivity index (χ3v) is 6.20. The van der Waals surface area contributed by atoms with Crippen LogP contribution in [-0.2, 0) is 6.54 Å². The maximum Gasteiger partial charge on any atom is 0.257 e. The minimum absolute atomic E-state index is 0.00841. The largest absolute Gasteiger partial charge is 0.478 e. The van der Waals surface area contributed by atoms with Gasteiger partial charge in [0.1, 0.15) is 5.56 Å². The number of piperidine rings is 1. The van der Waals surface area contributed by atoms with Crippen LogP contribution in [0.2, 0.25) is 0 Å². The van der Waals surface area contributed by atoms with Crippen LogP contribution >= 0.6 is 0 Å². The van der Waals surface area contributed by atoms with Crippen molar-refractivity contribution in [3.8, 4) is 5.88 Å². The number of aryl methyl sites for hydroxylation is 1. The molecule has 1 fully saturated rings. The molecule has 0 bridgehead atoms. The summed E-state index contributed by atoms with van der Waals surface area (Å²) in [4.78, 5) is 15.6. The van der Waals surface area contributed by atoms with E-state index in [2.05, 4.69) is 34.7 Å². The number of hydrogen-bond donors (Lipinski definition) is 1. The molecule has 3 heterocycles. The Morgan fingerprint density at radius 3 is 2.79 bits per heavy atom. The van der Waals surface area contributed by atoms with Crippen LogP contribution in [0.3, 0.4) is 0 Å². The van der Waals surface area contributed by atoms with Crippen LogP contribution in [0, 0.1) is 11.8 Å². The lowest BCUT2D eigenvalue weighted by molar-refractivity contribution is 0.0930. The van der Waals surface area contributed by atoms with E-state index in [-0.39, 0.29) is 5.91 Å². The Bertz CT molecular complexity index is 819. The smallest absolute Gasteiger partial charge is 0.257 e. The van der Waals surface area contributed by atoms with E-state index in [1.165, 1.54) is 25.8 Å². The van der Waals surface area contributed by atoms with Crippen LogP contribution in [0.25, 0.3) is 10.9 Å². The summed E-state index contributed by atoms with van der Waals surface area (Å²) in [5.41, 5.74) is 1.81. The molecule has 1 aromatic heterocycles. The van der Waals surface area contributed by atoms with Gasteiger partial charge in [-0.1, -0.05) is 32.0 Å². The van der Waals surface area contributed by atoms with Gasteiger partial charge in [-0.2, -0.15) is 0 Å². The lowest BCUT2D eigenvalue weighted by Gasteiger charge is -2.32. The van der Waals surface area contributed by atoms with E-state index in [1.54, 1.807) is 0 Å². The van der Waals surface area contributed by atoms with E-state index in [9.17, 15) is 4.79 Å². The first-order valence-electron chi connectivity index (χ1n) is 10.9. The zero-order valence-electron chi connectivity index (χ0n) is 17.2. The number of benzene rings is 1. The van der Waals surface area contributed by atoms with Gasteiger partial charge in [-0.3, -0.25) is 4.79 Å². The van der Waals surface area contributed by atoms with Gasteiger partial charge in [0, 0.05) is 18.5 Å². The summed E-state index contributed by atoms with van der Waals surface area (Å²) in [6.07, 6.45) is 4.60. The van der Waals surface area contributed by atoms with Gasteiger partial charge in [-0.15, -0.1) is 0 Å². The van der Waals surface area contributed by atoms with Crippen molar-refractivity contribution in [2.24, 2.45) is 11.8 Å². The first-order chi connectivity index (χ1) is 13.6. The quantitative estimate of drug-likeness (QED) is 0.823. The van der Waals surface area contributed by atoms with Crippen molar-refractivity contribution in [1.29, 1.82) is 0 Å². The monoisotopic (exact) mass is 383 g/mol. The summed E-state index contributed by atoms with van der Waals surface area (Å²) < 4.78 is 8.06. The van der Waals surface area contributed by atoms with Crippen molar-refractivity contribution in [3.05, 3.63) is 29.8 Å². The first kappa shape index (κ1) is 19.3. The van der Waals surface area contributed by atoms with Gasteiger partial charge in [-0.05, 0) is 63.2 Å². The molecule has 152 valence electrons. The van der Waals surface area contributed by atoms with Gasteiger partial charge in [0.25, 0.3) is 5.91 Å². The minimum Gasteiger partial charge on any atom is -0.478 e. The Labute approximate surface area is 168 Å². The predicted octanol–water partition coefficient (Wildman–Crippen LogP) is 3.91. The molecule has 2 aliphatic heterocycles. The Kier molecular flexibility index (Phi) is 5.90. The molecule has 0 saturated carbocycles. The van der Waals surface area contributed by atoms with Gasteiger partial charge < -0.3 is 19.5 Å². The zero-order valence-corrected chi connectivity index (χ0v) is 17.2. The molecule has 1 amide bonds. The fraction of sp³-hybridized carbons (Fsp3) is 0.609. The lowest BCUT2D eigenvalue weighted by Crippen LogP contribution is -2.39. The zero-order chi connectivity index (χ0) is 19.5. The van der Waals surface area contributed by atoms with Gasteiger partial charge in [-0.25, -0.2) is 0 Å². The molecule has 4 rings (SSSR count). The highest BCUT2D eigenvalue weighted by molar-refractivity contribution is 6.09. The Balaban J connectivity index is 1.38. The van der Waals surface area contributed by atoms with E-state index in [0.29, 0.717) is 18.1 Å². The average molecular weight is 384 g/mol. The molecule has 28 heavy (non-hydrogen) atoms. The fourth-order valence-electron chi connectivity index (χ4n) is 4.44. The Morgan fingerprint density at radius 1 is 1.21 bits per heavy atom. The molecular formula is C23H33N3O2. The van der Waals surface area contributed by atoms with Crippen LogP contribution in [0.4, 0.5) is 0 Å². The normalized spacial score (nSPS) is 18.2. The Hall–Kier alpha value is -2.01. The van der Waals surface area contributed by atoms with E-state index in [1.807, 2.05) is 18.2 Å². The summed E-state index contributed by atoms with van der Waals surface area (Å²) in [5, 5.41) is 4.21. The van der Waals surface area contributed by atoms with Crippen molar-refractivity contribution < 1.29 is 9.53 Å². The van der Waals surface area contributed by atoms with Crippen LogP contribution in [0.15, 0.2) is 24.3 Å². The number of amides is 1. The third-order valence-electron chi connectivity index (χ3n) is 6.20. The van der Waals surface area contributed by atoms with Crippen LogP contribution in [0.5, 0.6) is 5.88 Å². The molecule has 0 aliphatic carbocycles. The minimum atomic E-state index is 0.00841. The number of fused-ring (bicyclic) bond motifs is 3. The highest BCUT2D eigenvalue weighted by Crippen LogP contribution is 2.34. The summed E-state index contributed by atoms with van der Waals surface area (Å²) in [6, 6.07) is 8.14. The van der Waals surface area contributed by atoms with Crippen LogP contribution in [0.1, 0.15) is 49.9 Å². The van der Waals surface area contributed by atoms with Gasteiger partial charge >= 0.3 is 0 Å². The van der Waals surface area contributed by atoms with Crippen molar-refractivity contribution in [3.63, 3.8) is 0 Å². The molecule has 1 saturated heterocycles. The number of carbonyl (C=O) groups excluding carboxylic acids is 1. The molecule has 0 atom stereocenters. The summed E-state index contributed by atoms with van der Waals surface area (Å²) >= 11 is 0. The number of nitrogens with one attached hydrogen (secondary N) is 1. The molecule has 2 aromatic rings. The molecular weight excluding hydrogens is 350 g/mol. The van der Waals surface area contributed by atoms with E-state index in [4.69, 9.17) is 4.74 Å².